The quantitative estimate of drug-likeness (QED) is 0.722. The summed E-state index contributed by atoms with van der Waals surface area (Å²) in [6.07, 6.45) is 0. The lowest BCUT2D eigenvalue weighted by atomic mass is 9.95. The van der Waals surface area contributed by atoms with Gasteiger partial charge < -0.3 is 20.7 Å². The van der Waals surface area contributed by atoms with Crippen molar-refractivity contribution in [1.82, 2.24) is 16.0 Å². The van der Waals surface area contributed by atoms with Crippen LogP contribution in [-0.2, 0) is 4.79 Å². The summed E-state index contributed by atoms with van der Waals surface area (Å²) in [5.41, 5.74) is 2.36. The Hall–Kier alpha value is -2.08. The van der Waals surface area contributed by atoms with Gasteiger partial charge in [0.1, 0.15) is 5.75 Å². The molecular weight excluding hydrogens is 310 g/mol. The number of likely N-dealkylation sites (N-methyl/N-ethyl adjacent to an activating group) is 1. The van der Waals surface area contributed by atoms with Gasteiger partial charge in [-0.1, -0.05) is 26.0 Å². The molecule has 1 aromatic rings. The van der Waals surface area contributed by atoms with Crippen LogP contribution in [0.5, 0.6) is 5.75 Å². The molecule has 23 heavy (non-hydrogen) atoms. The monoisotopic (exact) mass is 333 g/mol. The number of hydrogen-bond acceptors (Lipinski definition) is 3. The van der Waals surface area contributed by atoms with Crippen LogP contribution in [0.3, 0.4) is 0 Å². The number of rotatable bonds is 5. The molecule has 124 valence electrons. The van der Waals surface area contributed by atoms with Crippen molar-refractivity contribution in [2.75, 3.05) is 13.7 Å². The van der Waals surface area contributed by atoms with E-state index in [1.807, 2.05) is 31.2 Å². The van der Waals surface area contributed by atoms with Crippen molar-refractivity contribution < 1.29 is 9.53 Å². The summed E-state index contributed by atoms with van der Waals surface area (Å²) in [7, 11) is 1.62. The molecule has 0 fully saturated rings. The van der Waals surface area contributed by atoms with Gasteiger partial charge in [0.2, 0.25) is 0 Å². The van der Waals surface area contributed by atoms with E-state index in [0.717, 1.165) is 17.0 Å². The first-order valence-corrected chi connectivity index (χ1v) is 8.06. The fourth-order valence-corrected chi connectivity index (χ4v) is 2.67. The van der Waals surface area contributed by atoms with Crippen LogP contribution in [0, 0.1) is 5.92 Å². The molecular formula is C17H23N3O2S. The molecule has 0 unspecified atom stereocenters. The van der Waals surface area contributed by atoms with E-state index in [-0.39, 0.29) is 11.9 Å². The Morgan fingerprint density at radius 2 is 2.00 bits per heavy atom. The third-order valence-corrected chi connectivity index (χ3v) is 3.76. The van der Waals surface area contributed by atoms with Crippen molar-refractivity contribution in [2.24, 2.45) is 5.92 Å². The lowest BCUT2D eigenvalue weighted by Gasteiger charge is -2.30. The molecule has 0 aromatic heterocycles. The maximum absolute atomic E-state index is 12.2. The molecule has 0 aliphatic carbocycles. The predicted octanol–water partition coefficient (Wildman–Crippen LogP) is 2.26. The van der Waals surface area contributed by atoms with Crippen LogP contribution < -0.4 is 20.7 Å². The number of hydrogen-bond donors (Lipinski definition) is 3. The Morgan fingerprint density at radius 1 is 1.35 bits per heavy atom. The average molecular weight is 333 g/mol. The molecule has 0 radical (unpaired) electrons. The van der Waals surface area contributed by atoms with Crippen molar-refractivity contribution in [1.29, 1.82) is 0 Å². The van der Waals surface area contributed by atoms with E-state index in [2.05, 4.69) is 29.8 Å². The summed E-state index contributed by atoms with van der Waals surface area (Å²) < 4.78 is 5.70. The highest BCUT2D eigenvalue weighted by Crippen LogP contribution is 2.28. The van der Waals surface area contributed by atoms with Gasteiger partial charge in [0.15, 0.2) is 5.11 Å². The van der Waals surface area contributed by atoms with Gasteiger partial charge >= 0.3 is 0 Å². The second-order valence-electron chi connectivity index (χ2n) is 5.92. The maximum atomic E-state index is 12.2. The zero-order valence-corrected chi connectivity index (χ0v) is 14.7. The number of nitrogens with one attached hydrogen (secondary N) is 3. The SMILES string of the molecule is CNC(=O)C1=C(C)NC(=S)N[C@H]1c1ccc(OCC(C)C)cc1. The van der Waals surface area contributed by atoms with Gasteiger partial charge in [0, 0.05) is 12.7 Å². The van der Waals surface area contributed by atoms with Crippen LogP contribution in [0.25, 0.3) is 0 Å². The Kier molecular flexibility index (Phi) is 5.60. The maximum Gasteiger partial charge on any atom is 0.251 e. The number of carbonyl (C=O) groups excluding carboxylic acids is 1. The minimum Gasteiger partial charge on any atom is -0.493 e. The highest BCUT2D eigenvalue weighted by molar-refractivity contribution is 7.80. The molecule has 1 heterocycles. The second kappa shape index (κ2) is 7.46. The van der Waals surface area contributed by atoms with Gasteiger partial charge in [-0.15, -0.1) is 0 Å². The van der Waals surface area contributed by atoms with E-state index >= 15 is 0 Å². The first-order chi connectivity index (χ1) is 10.9. The van der Waals surface area contributed by atoms with Crippen LogP contribution in [0.2, 0.25) is 0 Å². The predicted molar refractivity (Wildman–Crippen MR) is 95.2 cm³/mol. The third kappa shape index (κ3) is 4.22. The highest BCUT2D eigenvalue weighted by Gasteiger charge is 2.29. The fourth-order valence-electron chi connectivity index (χ4n) is 2.40. The summed E-state index contributed by atoms with van der Waals surface area (Å²) >= 11 is 5.22. The summed E-state index contributed by atoms with van der Waals surface area (Å²) in [6, 6.07) is 7.47. The smallest absolute Gasteiger partial charge is 0.251 e. The van der Waals surface area contributed by atoms with E-state index in [0.29, 0.717) is 23.2 Å². The Bertz CT molecular complexity index is 623. The topological polar surface area (TPSA) is 62.4 Å². The molecule has 1 amide bonds. The van der Waals surface area contributed by atoms with Crippen molar-refractivity contribution in [2.45, 2.75) is 26.8 Å². The first kappa shape index (κ1) is 17.3. The molecule has 0 spiro atoms. The molecule has 6 heteroatoms. The number of thiocarbonyl (C=S) groups is 1. The van der Waals surface area contributed by atoms with Crippen LogP contribution in [0.4, 0.5) is 0 Å². The van der Waals surface area contributed by atoms with Gasteiger partial charge in [0.05, 0.1) is 18.2 Å². The van der Waals surface area contributed by atoms with Gasteiger partial charge in [0.25, 0.3) is 5.91 Å². The first-order valence-electron chi connectivity index (χ1n) is 7.65. The number of ether oxygens (including phenoxy) is 1. The van der Waals surface area contributed by atoms with Crippen molar-refractivity contribution in [3.63, 3.8) is 0 Å². The summed E-state index contributed by atoms with van der Waals surface area (Å²) in [6.45, 7) is 6.75. The summed E-state index contributed by atoms with van der Waals surface area (Å²) in [5.74, 6) is 1.17. The van der Waals surface area contributed by atoms with Gasteiger partial charge in [-0.3, -0.25) is 4.79 Å². The van der Waals surface area contributed by atoms with E-state index in [1.54, 1.807) is 7.05 Å². The van der Waals surface area contributed by atoms with Crippen LogP contribution in [0.1, 0.15) is 32.4 Å². The van der Waals surface area contributed by atoms with Crippen molar-refractivity contribution >= 4 is 23.2 Å². The lowest BCUT2D eigenvalue weighted by Crippen LogP contribution is -2.46. The number of allylic oxidation sites excluding steroid dienone is 1. The molecule has 5 nitrogen and oxygen atoms in total. The van der Waals surface area contributed by atoms with Gasteiger partial charge in [-0.25, -0.2) is 0 Å². The van der Waals surface area contributed by atoms with Gasteiger partial charge in [-0.05, 0) is 42.8 Å². The molecule has 3 N–H and O–H groups in total. The Balaban J connectivity index is 2.26. The minimum atomic E-state index is -0.275. The van der Waals surface area contributed by atoms with Crippen LogP contribution in [0.15, 0.2) is 35.5 Å². The molecule has 1 atom stereocenters. The Morgan fingerprint density at radius 3 is 2.57 bits per heavy atom. The minimum absolute atomic E-state index is 0.130. The van der Waals surface area contributed by atoms with Crippen LogP contribution >= 0.6 is 12.2 Å². The zero-order chi connectivity index (χ0) is 17.0. The van der Waals surface area contributed by atoms with E-state index in [4.69, 9.17) is 17.0 Å². The van der Waals surface area contributed by atoms with Crippen LogP contribution in [-0.4, -0.2) is 24.7 Å². The number of benzene rings is 1. The third-order valence-electron chi connectivity index (χ3n) is 3.54. The standard InChI is InChI=1S/C17H23N3O2S/c1-10(2)9-22-13-7-5-12(6-8-13)15-14(16(21)18-4)11(3)19-17(23)20-15/h5-8,10,15H,9H2,1-4H3,(H,18,21)(H2,19,20,23)/t15-/m0/s1. The molecule has 0 saturated carbocycles. The van der Waals surface area contributed by atoms with Crippen molar-refractivity contribution in [3.05, 3.63) is 41.1 Å². The number of carbonyl (C=O) groups is 1. The molecule has 1 aromatic carbocycles. The second-order valence-corrected chi connectivity index (χ2v) is 6.33. The Labute approximate surface area is 142 Å². The molecule has 2 rings (SSSR count). The highest BCUT2D eigenvalue weighted by atomic mass is 32.1. The van der Waals surface area contributed by atoms with E-state index < -0.39 is 0 Å². The van der Waals surface area contributed by atoms with Crippen molar-refractivity contribution in [3.8, 4) is 5.75 Å². The largest absolute Gasteiger partial charge is 0.493 e. The molecule has 0 bridgehead atoms. The molecule has 1 aliphatic heterocycles. The van der Waals surface area contributed by atoms with Gasteiger partial charge in [-0.2, -0.15) is 0 Å². The normalized spacial score (nSPS) is 17.6. The summed E-state index contributed by atoms with van der Waals surface area (Å²) in [4.78, 5) is 12.2. The zero-order valence-electron chi connectivity index (χ0n) is 13.9. The molecule has 0 saturated heterocycles. The summed E-state index contributed by atoms with van der Waals surface area (Å²) in [5, 5.41) is 9.35. The average Bonchev–Trinajstić information content (AvgIpc) is 2.52. The molecule has 1 aliphatic rings. The van der Waals surface area contributed by atoms with E-state index in [9.17, 15) is 4.79 Å². The lowest BCUT2D eigenvalue weighted by molar-refractivity contribution is -0.117. The number of amides is 1. The van der Waals surface area contributed by atoms with E-state index in [1.165, 1.54) is 0 Å². The fraction of sp³-hybridized carbons (Fsp3) is 0.412.